The number of aryl methyl sites for hydroxylation is 1. The minimum Gasteiger partial charge on any atom is -0.461 e. The first-order valence-corrected chi connectivity index (χ1v) is 7.94. The Kier molecular flexibility index (Phi) is 5.35. The summed E-state index contributed by atoms with van der Waals surface area (Å²) < 4.78 is 5.09. The minimum atomic E-state index is -0.335. The van der Waals surface area contributed by atoms with Gasteiger partial charge in [-0.2, -0.15) is 0 Å². The maximum Gasteiger partial charge on any atom is 0.358 e. The van der Waals surface area contributed by atoms with Crippen molar-refractivity contribution in [3.8, 4) is 10.7 Å². The zero-order valence-electron chi connectivity index (χ0n) is 11.9. The average Bonchev–Trinajstić information content (AvgIpc) is 3.08. The van der Waals surface area contributed by atoms with Crippen LogP contribution in [-0.4, -0.2) is 22.5 Å². The zero-order chi connectivity index (χ0) is 14.4. The highest BCUT2D eigenvalue weighted by molar-refractivity contribution is 7.13. The molecule has 0 saturated carbocycles. The molecule has 0 aromatic carbocycles. The van der Waals surface area contributed by atoms with Crippen LogP contribution in [0.3, 0.4) is 0 Å². The van der Waals surface area contributed by atoms with Crippen LogP contribution in [-0.2, 0) is 11.2 Å². The van der Waals surface area contributed by atoms with Crippen LogP contribution in [0.1, 0.15) is 49.3 Å². The largest absolute Gasteiger partial charge is 0.461 e. The minimum absolute atomic E-state index is 0.335. The Morgan fingerprint density at radius 2 is 2.25 bits per heavy atom. The third-order valence-electron chi connectivity index (χ3n) is 3.03. The Hall–Kier alpha value is -1.62. The van der Waals surface area contributed by atoms with E-state index in [1.54, 1.807) is 11.3 Å². The Morgan fingerprint density at radius 1 is 1.40 bits per heavy atom. The van der Waals surface area contributed by atoms with Gasteiger partial charge in [0.15, 0.2) is 5.69 Å². The van der Waals surface area contributed by atoms with Crippen LogP contribution in [0, 0.1) is 0 Å². The molecular weight excluding hydrogens is 272 g/mol. The van der Waals surface area contributed by atoms with E-state index < -0.39 is 0 Å². The molecular formula is C15H20N2O2S. The molecule has 0 bridgehead atoms. The highest BCUT2D eigenvalue weighted by Crippen LogP contribution is 2.24. The fourth-order valence-electron chi connectivity index (χ4n) is 2.04. The second kappa shape index (κ2) is 7.24. The predicted molar refractivity (Wildman–Crippen MR) is 81.1 cm³/mol. The number of ether oxygens (including phenoxy) is 1. The number of unbranched alkanes of at least 4 members (excludes halogenated alkanes) is 2. The highest BCUT2D eigenvalue weighted by Gasteiger charge is 2.19. The predicted octanol–water partition coefficient (Wildman–Crippen LogP) is 4.05. The van der Waals surface area contributed by atoms with Crippen molar-refractivity contribution in [3.63, 3.8) is 0 Å². The Morgan fingerprint density at radius 3 is 2.90 bits per heavy atom. The Labute approximate surface area is 123 Å². The van der Waals surface area contributed by atoms with Crippen LogP contribution in [0.25, 0.3) is 10.7 Å². The van der Waals surface area contributed by atoms with Crippen molar-refractivity contribution in [2.45, 2.75) is 39.5 Å². The number of carbonyl (C=O) groups is 1. The van der Waals surface area contributed by atoms with Crippen LogP contribution < -0.4 is 0 Å². The molecule has 4 nitrogen and oxygen atoms in total. The summed E-state index contributed by atoms with van der Waals surface area (Å²) in [5.41, 5.74) is 1.33. The van der Waals surface area contributed by atoms with Gasteiger partial charge in [0.25, 0.3) is 0 Å². The second-order valence-electron chi connectivity index (χ2n) is 4.57. The van der Waals surface area contributed by atoms with E-state index >= 15 is 0 Å². The quantitative estimate of drug-likeness (QED) is 0.618. The van der Waals surface area contributed by atoms with Gasteiger partial charge in [-0.05, 0) is 31.2 Å². The SMILES string of the molecule is CCCCCc1[nH]c(-c2cccs2)nc1C(=O)OCC. The molecule has 0 aliphatic heterocycles. The lowest BCUT2D eigenvalue weighted by Gasteiger charge is -2.01. The van der Waals surface area contributed by atoms with E-state index in [0.29, 0.717) is 12.3 Å². The number of aromatic amines is 1. The van der Waals surface area contributed by atoms with Crippen LogP contribution in [0.2, 0.25) is 0 Å². The highest BCUT2D eigenvalue weighted by atomic mass is 32.1. The first-order valence-electron chi connectivity index (χ1n) is 7.06. The molecule has 1 N–H and O–H groups in total. The van der Waals surface area contributed by atoms with Gasteiger partial charge in [-0.1, -0.05) is 25.8 Å². The van der Waals surface area contributed by atoms with E-state index in [1.165, 1.54) is 0 Å². The van der Waals surface area contributed by atoms with E-state index in [-0.39, 0.29) is 5.97 Å². The summed E-state index contributed by atoms with van der Waals surface area (Å²) in [6.07, 6.45) is 4.19. The lowest BCUT2D eigenvalue weighted by molar-refractivity contribution is 0.0519. The molecule has 0 aliphatic rings. The summed E-state index contributed by atoms with van der Waals surface area (Å²) in [6.45, 7) is 4.34. The lowest BCUT2D eigenvalue weighted by atomic mass is 10.1. The molecule has 0 amide bonds. The van der Waals surface area contributed by atoms with Crippen molar-refractivity contribution in [2.24, 2.45) is 0 Å². The summed E-state index contributed by atoms with van der Waals surface area (Å²) in [7, 11) is 0. The molecule has 0 unspecified atom stereocenters. The number of nitrogens with one attached hydrogen (secondary N) is 1. The Bertz CT molecular complexity index is 546. The molecule has 0 atom stereocenters. The van der Waals surface area contributed by atoms with Crippen LogP contribution in [0.5, 0.6) is 0 Å². The van der Waals surface area contributed by atoms with Gasteiger partial charge in [-0.3, -0.25) is 0 Å². The molecule has 0 spiro atoms. The summed E-state index contributed by atoms with van der Waals surface area (Å²) in [4.78, 5) is 20.7. The van der Waals surface area contributed by atoms with E-state index in [4.69, 9.17) is 4.74 Å². The number of aromatic nitrogens is 2. The van der Waals surface area contributed by atoms with Gasteiger partial charge in [0.2, 0.25) is 0 Å². The van der Waals surface area contributed by atoms with Crippen molar-refractivity contribution < 1.29 is 9.53 Å². The number of thiophene rings is 1. The third-order valence-corrected chi connectivity index (χ3v) is 3.91. The van der Waals surface area contributed by atoms with Crippen molar-refractivity contribution in [3.05, 3.63) is 28.9 Å². The maximum absolute atomic E-state index is 12.0. The molecule has 5 heteroatoms. The zero-order valence-corrected chi connectivity index (χ0v) is 12.8. The number of nitrogens with zero attached hydrogens (tertiary/aromatic N) is 1. The average molecular weight is 292 g/mol. The molecule has 108 valence electrons. The first kappa shape index (κ1) is 14.8. The van der Waals surface area contributed by atoms with Gasteiger partial charge in [0.05, 0.1) is 11.5 Å². The van der Waals surface area contributed by atoms with Crippen molar-refractivity contribution >= 4 is 17.3 Å². The first-order chi connectivity index (χ1) is 9.76. The summed E-state index contributed by atoms with van der Waals surface area (Å²) in [5, 5.41) is 2.00. The normalized spacial score (nSPS) is 10.7. The van der Waals surface area contributed by atoms with Crippen LogP contribution >= 0.6 is 11.3 Å². The third kappa shape index (κ3) is 3.48. The number of imidazole rings is 1. The standard InChI is InChI=1S/C15H20N2O2S/c1-3-5-6-8-11-13(15(18)19-4-2)17-14(16-11)12-9-7-10-20-12/h7,9-10H,3-6,8H2,1-2H3,(H,16,17). The van der Waals surface area contributed by atoms with Gasteiger partial charge >= 0.3 is 5.97 Å². The van der Waals surface area contributed by atoms with Gasteiger partial charge in [0, 0.05) is 5.69 Å². The number of hydrogen-bond acceptors (Lipinski definition) is 4. The van der Waals surface area contributed by atoms with E-state index in [9.17, 15) is 4.79 Å². The number of hydrogen-bond donors (Lipinski definition) is 1. The summed E-state index contributed by atoms with van der Waals surface area (Å²) in [5.74, 6) is 0.424. The second-order valence-corrected chi connectivity index (χ2v) is 5.52. The van der Waals surface area contributed by atoms with Crippen LogP contribution in [0.4, 0.5) is 0 Å². The smallest absolute Gasteiger partial charge is 0.358 e. The van der Waals surface area contributed by atoms with Gasteiger partial charge < -0.3 is 9.72 Å². The van der Waals surface area contributed by atoms with Crippen LogP contribution in [0.15, 0.2) is 17.5 Å². The monoisotopic (exact) mass is 292 g/mol. The van der Waals surface area contributed by atoms with Crippen molar-refractivity contribution in [1.29, 1.82) is 0 Å². The van der Waals surface area contributed by atoms with Gasteiger partial charge in [-0.15, -0.1) is 11.3 Å². The molecule has 0 radical (unpaired) electrons. The fourth-order valence-corrected chi connectivity index (χ4v) is 2.71. The fraction of sp³-hybridized carbons (Fsp3) is 0.467. The lowest BCUT2D eigenvalue weighted by Crippen LogP contribution is -2.08. The molecule has 2 heterocycles. The molecule has 0 aliphatic carbocycles. The topological polar surface area (TPSA) is 55.0 Å². The number of esters is 1. The van der Waals surface area contributed by atoms with Gasteiger partial charge in [0.1, 0.15) is 5.82 Å². The van der Waals surface area contributed by atoms with E-state index in [1.807, 2.05) is 24.4 Å². The Balaban J connectivity index is 2.24. The summed E-state index contributed by atoms with van der Waals surface area (Å²) in [6, 6.07) is 3.97. The summed E-state index contributed by atoms with van der Waals surface area (Å²) >= 11 is 1.61. The number of rotatable bonds is 7. The van der Waals surface area contributed by atoms with Crippen molar-refractivity contribution in [1.82, 2.24) is 9.97 Å². The molecule has 2 rings (SSSR count). The number of carbonyl (C=O) groups excluding carboxylic acids is 1. The molecule has 0 fully saturated rings. The van der Waals surface area contributed by atoms with E-state index in [0.717, 1.165) is 42.1 Å². The van der Waals surface area contributed by atoms with E-state index in [2.05, 4.69) is 16.9 Å². The molecule has 2 aromatic heterocycles. The maximum atomic E-state index is 12.0. The number of H-pyrrole nitrogens is 1. The van der Waals surface area contributed by atoms with Crippen molar-refractivity contribution in [2.75, 3.05) is 6.61 Å². The van der Waals surface area contributed by atoms with Gasteiger partial charge in [-0.25, -0.2) is 9.78 Å². The molecule has 20 heavy (non-hydrogen) atoms. The molecule has 0 saturated heterocycles. The molecule has 2 aromatic rings.